The predicted molar refractivity (Wildman–Crippen MR) is 109 cm³/mol. The van der Waals surface area contributed by atoms with Gasteiger partial charge in [-0.1, -0.05) is 96.9 Å². The van der Waals surface area contributed by atoms with Crippen LogP contribution in [0.15, 0.2) is 84.9 Å². The van der Waals surface area contributed by atoms with Gasteiger partial charge < -0.3 is 0 Å². The van der Waals surface area contributed by atoms with E-state index in [9.17, 15) is 0 Å². The van der Waals surface area contributed by atoms with Crippen molar-refractivity contribution in [2.45, 2.75) is 31.7 Å². The fourth-order valence-corrected chi connectivity index (χ4v) is 4.43. The third-order valence-electron chi connectivity index (χ3n) is 5.68. The highest BCUT2D eigenvalue weighted by atomic mass is 15.2. The molecule has 1 heteroatoms. The van der Waals surface area contributed by atoms with Crippen LogP contribution in [-0.4, -0.2) is 18.0 Å². The van der Waals surface area contributed by atoms with Crippen molar-refractivity contribution in [3.63, 3.8) is 0 Å². The molecule has 0 amide bonds. The zero-order valence-corrected chi connectivity index (χ0v) is 15.6. The minimum Gasteiger partial charge on any atom is -0.286 e. The van der Waals surface area contributed by atoms with E-state index in [-0.39, 0.29) is 5.54 Å². The molecule has 3 aromatic carbocycles. The maximum Gasteiger partial charge on any atom is 0.0972 e. The molecule has 0 N–H and O–H groups in total. The van der Waals surface area contributed by atoms with Crippen LogP contribution in [0.5, 0.6) is 0 Å². The van der Waals surface area contributed by atoms with Crippen LogP contribution >= 0.6 is 0 Å². The quantitative estimate of drug-likeness (QED) is 0.544. The maximum atomic E-state index is 2.70. The Labute approximate surface area is 157 Å². The molecule has 0 aliphatic carbocycles. The van der Waals surface area contributed by atoms with Gasteiger partial charge in [0.15, 0.2) is 0 Å². The summed E-state index contributed by atoms with van der Waals surface area (Å²) in [6.45, 7) is 4.44. The molecule has 0 bridgehead atoms. The standard InChI is InChI=1S/C25H27N/c1-21-15-17-24(18-16-21)25(22-11-5-2-6-12-22,23-13-7-3-8-14-23)26-19-9-4-10-20-26/h2-3,5-8,11-18H,4,9-10,19-20H2,1H3. The molecular formula is C25H27N. The van der Waals surface area contributed by atoms with E-state index in [1.165, 1.54) is 41.5 Å². The molecule has 3 aromatic rings. The van der Waals surface area contributed by atoms with Crippen molar-refractivity contribution in [1.29, 1.82) is 0 Å². The second kappa shape index (κ2) is 7.47. The van der Waals surface area contributed by atoms with E-state index in [1.54, 1.807) is 0 Å². The van der Waals surface area contributed by atoms with E-state index in [4.69, 9.17) is 0 Å². The summed E-state index contributed by atoms with van der Waals surface area (Å²) in [6.07, 6.45) is 3.88. The lowest BCUT2D eigenvalue weighted by atomic mass is 9.74. The van der Waals surface area contributed by atoms with Crippen molar-refractivity contribution in [2.24, 2.45) is 0 Å². The molecule has 0 atom stereocenters. The summed E-state index contributed by atoms with van der Waals surface area (Å²) in [4.78, 5) is 2.70. The average Bonchev–Trinajstić information content (AvgIpc) is 2.72. The minimum atomic E-state index is -0.226. The van der Waals surface area contributed by atoms with Crippen LogP contribution in [0.1, 0.15) is 41.5 Å². The second-order valence-electron chi connectivity index (χ2n) is 7.36. The first-order valence-electron chi connectivity index (χ1n) is 9.75. The van der Waals surface area contributed by atoms with Gasteiger partial charge in [0.25, 0.3) is 0 Å². The number of rotatable bonds is 4. The van der Waals surface area contributed by atoms with Gasteiger partial charge in [0.05, 0.1) is 5.54 Å². The van der Waals surface area contributed by atoms with Gasteiger partial charge in [0, 0.05) is 0 Å². The lowest BCUT2D eigenvalue weighted by molar-refractivity contribution is 0.128. The van der Waals surface area contributed by atoms with Gasteiger partial charge in [-0.15, -0.1) is 0 Å². The number of benzene rings is 3. The summed E-state index contributed by atoms with van der Waals surface area (Å²) in [7, 11) is 0. The van der Waals surface area contributed by atoms with Gasteiger partial charge in [-0.05, 0) is 49.5 Å². The molecular weight excluding hydrogens is 314 g/mol. The molecule has 0 radical (unpaired) electrons. The van der Waals surface area contributed by atoms with Gasteiger partial charge in [-0.3, -0.25) is 4.90 Å². The summed E-state index contributed by atoms with van der Waals surface area (Å²) in [5, 5.41) is 0. The van der Waals surface area contributed by atoms with Crippen molar-refractivity contribution in [2.75, 3.05) is 13.1 Å². The highest BCUT2D eigenvalue weighted by Gasteiger charge is 2.42. The Bertz CT molecular complexity index is 776. The molecule has 0 aromatic heterocycles. The first kappa shape index (κ1) is 17.1. The van der Waals surface area contributed by atoms with E-state index < -0.39 is 0 Å². The smallest absolute Gasteiger partial charge is 0.0972 e. The van der Waals surface area contributed by atoms with Crippen LogP contribution in [0.25, 0.3) is 0 Å². The molecule has 1 fully saturated rings. The summed E-state index contributed by atoms with van der Waals surface area (Å²) >= 11 is 0. The van der Waals surface area contributed by atoms with Crippen molar-refractivity contribution in [1.82, 2.24) is 4.90 Å². The summed E-state index contributed by atoms with van der Waals surface area (Å²) in [6, 6.07) is 31.2. The lowest BCUT2D eigenvalue weighted by Crippen LogP contribution is -2.50. The van der Waals surface area contributed by atoms with Gasteiger partial charge in [-0.2, -0.15) is 0 Å². The Hall–Kier alpha value is -2.38. The molecule has 1 aliphatic rings. The van der Waals surface area contributed by atoms with E-state index in [0.29, 0.717) is 0 Å². The molecule has 0 unspecified atom stereocenters. The lowest BCUT2D eigenvalue weighted by Gasteiger charge is -2.47. The topological polar surface area (TPSA) is 3.24 Å². The molecule has 1 nitrogen and oxygen atoms in total. The van der Waals surface area contributed by atoms with E-state index >= 15 is 0 Å². The number of hydrogen-bond donors (Lipinski definition) is 0. The number of piperidine rings is 1. The fourth-order valence-electron chi connectivity index (χ4n) is 4.43. The van der Waals surface area contributed by atoms with Gasteiger partial charge >= 0.3 is 0 Å². The van der Waals surface area contributed by atoms with E-state index in [2.05, 4.69) is 96.8 Å². The van der Waals surface area contributed by atoms with Crippen LogP contribution in [0.3, 0.4) is 0 Å². The van der Waals surface area contributed by atoms with Gasteiger partial charge in [0.1, 0.15) is 0 Å². The Kier molecular flexibility index (Phi) is 4.90. The molecule has 26 heavy (non-hydrogen) atoms. The first-order valence-corrected chi connectivity index (χ1v) is 9.75. The molecule has 0 saturated carbocycles. The summed E-state index contributed by atoms with van der Waals surface area (Å²) < 4.78 is 0. The van der Waals surface area contributed by atoms with Gasteiger partial charge in [0.2, 0.25) is 0 Å². The summed E-state index contributed by atoms with van der Waals surface area (Å²) in [5.41, 5.74) is 5.16. The third kappa shape index (κ3) is 2.97. The third-order valence-corrected chi connectivity index (χ3v) is 5.68. The highest BCUT2D eigenvalue weighted by Crippen LogP contribution is 2.43. The van der Waals surface area contributed by atoms with Crippen LogP contribution in [0.2, 0.25) is 0 Å². The molecule has 1 aliphatic heterocycles. The number of nitrogens with zero attached hydrogens (tertiary/aromatic N) is 1. The average molecular weight is 341 g/mol. The zero-order chi connectivity index (χ0) is 17.8. The number of hydrogen-bond acceptors (Lipinski definition) is 1. The molecule has 1 heterocycles. The first-order chi connectivity index (χ1) is 12.8. The van der Waals surface area contributed by atoms with Crippen LogP contribution in [0.4, 0.5) is 0 Å². The van der Waals surface area contributed by atoms with Crippen molar-refractivity contribution < 1.29 is 0 Å². The maximum absolute atomic E-state index is 2.70. The number of aryl methyl sites for hydroxylation is 1. The Balaban J connectivity index is 2.00. The Morgan fingerprint density at radius 2 is 1.04 bits per heavy atom. The minimum absolute atomic E-state index is 0.226. The molecule has 0 spiro atoms. The van der Waals surface area contributed by atoms with E-state index in [1.807, 2.05) is 0 Å². The monoisotopic (exact) mass is 341 g/mol. The van der Waals surface area contributed by atoms with Crippen LogP contribution in [-0.2, 0) is 5.54 Å². The summed E-state index contributed by atoms with van der Waals surface area (Å²) in [5.74, 6) is 0. The SMILES string of the molecule is Cc1ccc(C(c2ccccc2)(c2ccccc2)N2CCCCC2)cc1. The molecule has 132 valence electrons. The van der Waals surface area contributed by atoms with Crippen LogP contribution in [0, 0.1) is 6.92 Å². The molecule has 1 saturated heterocycles. The van der Waals surface area contributed by atoms with Gasteiger partial charge in [-0.25, -0.2) is 0 Å². The van der Waals surface area contributed by atoms with Crippen molar-refractivity contribution >= 4 is 0 Å². The second-order valence-corrected chi connectivity index (χ2v) is 7.36. The Morgan fingerprint density at radius 1 is 0.577 bits per heavy atom. The molecule has 4 rings (SSSR count). The van der Waals surface area contributed by atoms with Crippen LogP contribution < -0.4 is 0 Å². The fraction of sp³-hybridized carbons (Fsp3) is 0.280. The van der Waals surface area contributed by atoms with E-state index in [0.717, 1.165) is 13.1 Å². The highest BCUT2D eigenvalue weighted by molar-refractivity contribution is 5.50. The zero-order valence-electron chi connectivity index (χ0n) is 15.6. The Morgan fingerprint density at radius 3 is 1.54 bits per heavy atom. The van der Waals surface area contributed by atoms with Crippen molar-refractivity contribution in [3.05, 3.63) is 107 Å². The normalized spacial score (nSPS) is 15.7. The largest absolute Gasteiger partial charge is 0.286 e. The van der Waals surface area contributed by atoms with Crippen molar-refractivity contribution in [3.8, 4) is 0 Å². The number of likely N-dealkylation sites (tertiary alicyclic amines) is 1. The predicted octanol–water partition coefficient (Wildman–Crippen LogP) is 5.77.